The standard InChI is InChI=1S/C24H28N2O7/c1-4-5-10-6-7-14(27)16-12(10)8-11-9-13-18(26(2)3)20(29)17(23(25)32)22(31)24(13,33)21(30)15(11)19(16)28/h6-7,11,13,18,27,29-30,33H,4-5,8-9H2,1-3H3,(H2,25,32)/t11-,13-,18-,24-/m0/s1. The number of amides is 1. The monoisotopic (exact) mass is 456 g/mol. The smallest absolute Gasteiger partial charge is 0.255 e. The molecule has 3 aliphatic carbocycles. The Balaban J connectivity index is 1.96. The zero-order valence-electron chi connectivity index (χ0n) is 18.8. The van der Waals surface area contributed by atoms with Crippen molar-refractivity contribution < 1.29 is 34.8 Å². The fourth-order valence-electron chi connectivity index (χ4n) is 5.82. The van der Waals surface area contributed by atoms with Gasteiger partial charge < -0.3 is 26.2 Å². The second-order valence-electron chi connectivity index (χ2n) is 9.31. The zero-order valence-corrected chi connectivity index (χ0v) is 18.8. The van der Waals surface area contributed by atoms with E-state index in [1.807, 2.05) is 6.92 Å². The Morgan fingerprint density at radius 2 is 1.88 bits per heavy atom. The van der Waals surface area contributed by atoms with Crippen LogP contribution in [0.15, 0.2) is 34.8 Å². The van der Waals surface area contributed by atoms with Gasteiger partial charge >= 0.3 is 0 Å². The van der Waals surface area contributed by atoms with E-state index in [1.54, 1.807) is 20.2 Å². The number of fused-ring (bicyclic) bond motifs is 3. The van der Waals surface area contributed by atoms with Crippen LogP contribution in [-0.4, -0.2) is 68.5 Å². The number of rotatable bonds is 4. The fourth-order valence-corrected chi connectivity index (χ4v) is 5.82. The van der Waals surface area contributed by atoms with Gasteiger partial charge in [0.25, 0.3) is 5.91 Å². The van der Waals surface area contributed by atoms with Gasteiger partial charge in [-0.25, -0.2) is 0 Å². The van der Waals surface area contributed by atoms with E-state index in [0.717, 1.165) is 12.0 Å². The second-order valence-corrected chi connectivity index (χ2v) is 9.31. The summed E-state index contributed by atoms with van der Waals surface area (Å²) in [6.45, 7) is 2.00. The molecular formula is C24H28N2O7. The van der Waals surface area contributed by atoms with Crippen molar-refractivity contribution in [1.82, 2.24) is 4.90 Å². The van der Waals surface area contributed by atoms with Gasteiger partial charge in [-0.15, -0.1) is 0 Å². The van der Waals surface area contributed by atoms with Gasteiger partial charge in [-0.3, -0.25) is 19.3 Å². The predicted octanol–water partition coefficient (Wildman–Crippen LogP) is 1.07. The summed E-state index contributed by atoms with van der Waals surface area (Å²) in [7, 11) is 3.20. The Labute approximate surface area is 190 Å². The number of aliphatic hydroxyl groups is 3. The first-order chi connectivity index (χ1) is 15.5. The average molecular weight is 456 g/mol. The van der Waals surface area contributed by atoms with Crippen LogP contribution in [0, 0.1) is 11.8 Å². The number of carbonyl (C=O) groups excluding carboxylic acids is 3. The summed E-state index contributed by atoms with van der Waals surface area (Å²) in [6.07, 6.45) is 1.94. The predicted molar refractivity (Wildman–Crippen MR) is 118 cm³/mol. The van der Waals surface area contributed by atoms with Gasteiger partial charge in [-0.1, -0.05) is 19.4 Å². The maximum atomic E-state index is 13.5. The quantitative estimate of drug-likeness (QED) is 0.420. The molecule has 0 bridgehead atoms. The molecule has 0 fully saturated rings. The summed E-state index contributed by atoms with van der Waals surface area (Å²) >= 11 is 0. The van der Waals surface area contributed by atoms with Crippen LogP contribution in [0.3, 0.4) is 0 Å². The van der Waals surface area contributed by atoms with E-state index in [4.69, 9.17) is 5.73 Å². The molecule has 1 aromatic rings. The summed E-state index contributed by atoms with van der Waals surface area (Å²) < 4.78 is 0. The summed E-state index contributed by atoms with van der Waals surface area (Å²) in [5.74, 6) is -6.35. The molecule has 3 aliphatic rings. The molecule has 6 N–H and O–H groups in total. The summed E-state index contributed by atoms with van der Waals surface area (Å²) in [5, 5.41) is 43.9. The van der Waals surface area contributed by atoms with E-state index in [0.29, 0.717) is 18.4 Å². The number of hydrogen-bond donors (Lipinski definition) is 5. The highest BCUT2D eigenvalue weighted by Gasteiger charge is 2.63. The number of phenols is 1. The van der Waals surface area contributed by atoms with Gasteiger partial charge in [-0.05, 0) is 56.5 Å². The lowest BCUT2D eigenvalue weighted by Crippen LogP contribution is -2.63. The molecule has 9 heteroatoms. The number of allylic oxidation sites excluding steroid dienone is 1. The molecule has 0 saturated heterocycles. The van der Waals surface area contributed by atoms with E-state index in [-0.39, 0.29) is 23.3 Å². The van der Waals surface area contributed by atoms with Gasteiger partial charge in [0.1, 0.15) is 22.8 Å². The third-order valence-corrected chi connectivity index (χ3v) is 7.22. The third kappa shape index (κ3) is 3.02. The van der Waals surface area contributed by atoms with Crippen LogP contribution >= 0.6 is 0 Å². The molecule has 0 spiro atoms. The number of nitrogens with zero attached hydrogens (tertiary/aromatic N) is 1. The fraction of sp³-hybridized carbons (Fsp3) is 0.458. The molecule has 0 aliphatic heterocycles. The Morgan fingerprint density at radius 1 is 1.21 bits per heavy atom. The third-order valence-electron chi connectivity index (χ3n) is 7.22. The van der Waals surface area contributed by atoms with Gasteiger partial charge in [0.05, 0.1) is 11.6 Å². The largest absolute Gasteiger partial charge is 0.510 e. The summed E-state index contributed by atoms with van der Waals surface area (Å²) in [6, 6.07) is 2.22. The Kier molecular flexibility index (Phi) is 5.37. The Hall–Kier alpha value is -3.17. The van der Waals surface area contributed by atoms with Crippen LogP contribution in [-0.2, 0) is 22.4 Å². The lowest BCUT2D eigenvalue weighted by atomic mass is 9.58. The molecule has 4 atom stereocenters. The minimum absolute atomic E-state index is 0.0572. The average Bonchev–Trinajstić information content (AvgIpc) is 2.72. The number of carbonyl (C=O) groups is 3. The van der Waals surface area contributed by atoms with Crippen molar-refractivity contribution in [3.63, 3.8) is 0 Å². The van der Waals surface area contributed by atoms with Gasteiger partial charge in [0.2, 0.25) is 5.78 Å². The van der Waals surface area contributed by atoms with Crippen LogP contribution in [0.1, 0.15) is 41.3 Å². The van der Waals surface area contributed by atoms with Crippen molar-refractivity contribution in [1.29, 1.82) is 0 Å². The normalized spacial score (nSPS) is 29.2. The minimum Gasteiger partial charge on any atom is -0.510 e. The van der Waals surface area contributed by atoms with Crippen molar-refractivity contribution in [3.8, 4) is 5.75 Å². The van der Waals surface area contributed by atoms with Crippen molar-refractivity contribution in [2.75, 3.05) is 14.1 Å². The molecule has 0 aromatic heterocycles. The molecule has 4 rings (SSSR count). The number of aromatic hydroxyl groups is 1. The van der Waals surface area contributed by atoms with E-state index >= 15 is 0 Å². The van der Waals surface area contributed by atoms with Crippen LogP contribution in [0.25, 0.3) is 0 Å². The van der Waals surface area contributed by atoms with Gasteiger partial charge in [-0.2, -0.15) is 0 Å². The molecule has 9 nitrogen and oxygen atoms in total. The first-order valence-corrected chi connectivity index (χ1v) is 10.9. The van der Waals surface area contributed by atoms with Crippen LogP contribution < -0.4 is 5.73 Å². The van der Waals surface area contributed by atoms with Crippen molar-refractivity contribution >= 4 is 17.5 Å². The number of phenolic OH excluding ortho intramolecular Hbond substituents is 1. The SMILES string of the molecule is CCCc1ccc(O)c2c1C[C@H]1C[C@H]3[C@H](N(C)C)C(O)=C(C(N)=O)C(=O)[C@@]3(O)C(O)=C1C2=O. The Morgan fingerprint density at radius 3 is 2.45 bits per heavy atom. The van der Waals surface area contributed by atoms with E-state index in [9.17, 15) is 34.8 Å². The molecule has 33 heavy (non-hydrogen) atoms. The molecule has 0 radical (unpaired) electrons. The van der Waals surface area contributed by atoms with Gasteiger partial charge in [0.15, 0.2) is 11.4 Å². The topological polar surface area (TPSA) is 161 Å². The lowest BCUT2D eigenvalue weighted by Gasteiger charge is -2.50. The maximum Gasteiger partial charge on any atom is 0.255 e. The van der Waals surface area contributed by atoms with Crippen LogP contribution in [0.4, 0.5) is 0 Å². The molecule has 0 unspecified atom stereocenters. The first-order valence-electron chi connectivity index (χ1n) is 10.9. The lowest BCUT2D eigenvalue weighted by molar-refractivity contribution is -0.148. The van der Waals surface area contributed by atoms with Crippen molar-refractivity contribution in [3.05, 3.63) is 51.5 Å². The number of likely N-dealkylation sites (N-methyl/N-ethyl adjacent to an activating group) is 1. The van der Waals surface area contributed by atoms with Crippen LogP contribution in [0.5, 0.6) is 5.75 Å². The molecule has 0 saturated carbocycles. The number of benzene rings is 1. The number of aryl methyl sites for hydroxylation is 1. The van der Waals surface area contributed by atoms with Gasteiger partial charge in [0, 0.05) is 11.5 Å². The maximum absolute atomic E-state index is 13.5. The number of ketones is 2. The number of hydrogen-bond acceptors (Lipinski definition) is 8. The zero-order chi connectivity index (χ0) is 24.4. The first kappa shape index (κ1) is 23.0. The highest BCUT2D eigenvalue weighted by Crippen LogP contribution is 2.52. The number of aliphatic hydroxyl groups excluding tert-OH is 2. The summed E-state index contributed by atoms with van der Waals surface area (Å²) in [4.78, 5) is 40.2. The highest BCUT2D eigenvalue weighted by atomic mass is 16.3. The van der Waals surface area contributed by atoms with E-state index < -0.39 is 58.0 Å². The highest BCUT2D eigenvalue weighted by molar-refractivity contribution is 6.24. The van der Waals surface area contributed by atoms with Crippen molar-refractivity contribution in [2.45, 2.75) is 44.2 Å². The molecule has 0 heterocycles. The van der Waals surface area contributed by atoms with E-state index in [2.05, 4.69) is 0 Å². The molecule has 176 valence electrons. The van der Waals surface area contributed by atoms with Crippen molar-refractivity contribution in [2.24, 2.45) is 17.6 Å². The molecular weight excluding hydrogens is 428 g/mol. The Bertz CT molecular complexity index is 1150. The number of Topliss-reactive ketones (excluding diaryl/α,β-unsaturated/α-hetero) is 2. The minimum atomic E-state index is -2.61. The van der Waals surface area contributed by atoms with Crippen LogP contribution in [0.2, 0.25) is 0 Å². The second kappa shape index (κ2) is 7.71. The molecule has 1 amide bonds. The summed E-state index contributed by atoms with van der Waals surface area (Å²) in [5.41, 5.74) is 3.43. The number of nitrogens with two attached hydrogens (primary N) is 1. The molecule has 1 aromatic carbocycles. The van der Waals surface area contributed by atoms with E-state index in [1.165, 1.54) is 11.0 Å². The number of primary amides is 1.